The van der Waals surface area contributed by atoms with Crippen molar-refractivity contribution in [2.45, 2.75) is 25.0 Å². The van der Waals surface area contributed by atoms with Gasteiger partial charge in [0.05, 0.1) is 29.2 Å². The molecule has 0 saturated carbocycles. The fraction of sp³-hybridized carbons (Fsp3) is 0.250. The molecule has 9 heteroatoms. The maximum Gasteiger partial charge on any atom is 0.297 e. The summed E-state index contributed by atoms with van der Waals surface area (Å²) in [5.74, 6) is -6.78. The molecule has 0 spiro atoms. The van der Waals surface area contributed by atoms with Crippen LogP contribution in [-0.4, -0.2) is 15.5 Å². The van der Waals surface area contributed by atoms with Crippen LogP contribution in [0.3, 0.4) is 0 Å². The van der Waals surface area contributed by atoms with Gasteiger partial charge in [0.15, 0.2) is 23.3 Å². The Bertz CT molecular complexity index is 851. The quantitative estimate of drug-likeness (QED) is 0.438. The molecule has 0 heterocycles. The van der Waals surface area contributed by atoms with E-state index in [4.69, 9.17) is 0 Å². The lowest BCUT2D eigenvalue weighted by molar-refractivity contribution is 0.174. The van der Waals surface area contributed by atoms with Gasteiger partial charge in [0.1, 0.15) is 0 Å². The van der Waals surface area contributed by atoms with Crippen LogP contribution >= 0.6 is 0 Å². The second-order valence-electron chi connectivity index (χ2n) is 5.18. The number of ether oxygens (including phenoxy) is 1. The molecule has 2 rings (SSSR count). The summed E-state index contributed by atoms with van der Waals surface area (Å²) >= 11 is 0. The Kier molecular flexibility index (Phi) is 5.81. The predicted octanol–water partition coefficient (Wildman–Crippen LogP) is 3.60. The van der Waals surface area contributed by atoms with Crippen molar-refractivity contribution in [3.8, 4) is 0 Å². The second kappa shape index (κ2) is 7.51. The molecule has 2 aromatic rings. The van der Waals surface area contributed by atoms with Gasteiger partial charge < -0.3 is 4.74 Å². The lowest BCUT2D eigenvalue weighted by atomic mass is 10.1. The Balaban J connectivity index is 2.33. The van der Waals surface area contributed by atoms with E-state index in [1.807, 2.05) is 0 Å². The zero-order valence-electron chi connectivity index (χ0n) is 13.3. The van der Waals surface area contributed by atoms with Gasteiger partial charge in [-0.15, -0.1) is 0 Å². The minimum Gasteiger partial charge on any atom is -0.380 e. The Morgan fingerprint density at radius 2 is 1.28 bits per heavy atom. The third kappa shape index (κ3) is 4.00. The summed E-state index contributed by atoms with van der Waals surface area (Å²) in [6.45, 7) is -0.154. The van der Waals surface area contributed by atoms with Gasteiger partial charge >= 0.3 is 0 Å². The van der Waals surface area contributed by atoms with E-state index >= 15 is 0 Å². The summed E-state index contributed by atoms with van der Waals surface area (Å²) in [6, 6.07) is 5.47. The highest BCUT2D eigenvalue weighted by Gasteiger charge is 2.27. The topological polar surface area (TPSA) is 52.6 Å². The van der Waals surface area contributed by atoms with Crippen LogP contribution in [0.4, 0.5) is 17.6 Å². The molecule has 0 saturated heterocycles. The molecule has 4 nitrogen and oxygen atoms in total. The standard InChI is InChI=1S/C16H14F4O4S/c1-9-3-5-10(6-4-9)25(21,22)24-8-12-15(19)13(17)11(7-23-2)14(18)16(12)20/h3-6H,7-8H2,1-2H3. The minimum absolute atomic E-state index is 0.254. The van der Waals surface area contributed by atoms with Crippen LogP contribution in [0.1, 0.15) is 16.7 Å². The monoisotopic (exact) mass is 378 g/mol. The number of aryl methyl sites for hydroxylation is 1. The normalized spacial score (nSPS) is 11.8. The van der Waals surface area contributed by atoms with Gasteiger partial charge in [-0.3, -0.25) is 4.18 Å². The SMILES string of the molecule is COCc1c(F)c(F)c(COS(=O)(=O)c2ccc(C)cc2)c(F)c1F. The number of benzene rings is 2. The Morgan fingerprint density at radius 1 is 0.840 bits per heavy atom. The van der Waals surface area contributed by atoms with E-state index in [9.17, 15) is 26.0 Å². The van der Waals surface area contributed by atoms with Gasteiger partial charge in [0.2, 0.25) is 0 Å². The molecule has 0 aromatic heterocycles. The maximum atomic E-state index is 13.9. The van der Waals surface area contributed by atoms with Crippen molar-refractivity contribution < 1.29 is 34.9 Å². The summed E-state index contributed by atoms with van der Waals surface area (Å²) in [7, 11) is -3.26. The van der Waals surface area contributed by atoms with Gasteiger partial charge in [0, 0.05) is 7.11 Å². The molecule has 0 amide bonds. The molecule has 0 atom stereocenters. The van der Waals surface area contributed by atoms with Crippen molar-refractivity contribution in [2.24, 2.45) is 0 Å². The van der Waals surface area contributed by atoms with Gasteiger partial charge in [-0.05, 0) is 19.1 Å². The number of methoxy groups -OCH3 is 1. The van der Waals surface area contributed by atoms with Gasteiger partial charge in [-0.2, -0.15) is 8.42 Å². The van der Waals surface area contributed by atoms with E-state index in [-0.39, 0.29) is 4.90 Å². The van der Waals surface area contributed by atoms with E-state index in [2.05, 4.69) is 8.92 Å². The zero-order valence-corrected chi connectivity index (χ0v) is 14.1. The molecule has 0 aliphatic carbocycles. The van der Waals surface area contributed by atoms with E-state index in [1.165, 1.54) is 24.3 Å². The first-order chi connectivity index (χ1) is 11.7. The molecular formula is C16H14F4O4S. The fourth-order valence-corrected chi connectivity index (χ4v) is 2.91. The number of hydrogen-bond acceptors (Lipinski definition) is 4. The molecule has 136 valence electrons. The van der Waals surface area contributed by atoms with Crippen LogP contribution in [0, 0.1) is 30.2 Å². The first-order valence-corrected chi connectivity index (χ1v) is 8.38. The average Bonchev–Trinajstić information content (AvgIpc) is 2.57. The smallest absolute Gasteiger partial charge is 0.297 e. The molecule has 0 unspecified atom stereocenters. The Morgan fingerprint density at radius 3 is 1.72 bits per heavy atom. The molecule has 0 aliphatic rings. The van der Waals surface area contributed by atoms with E-state index in [1.54, 1.807) is 6.92 Å². The van der Waals surface area contributed by atoms with Gasteiger partial charge in [-0.25, -0.2) is 17.6 Å². The fourth-order valence-electron chi connectivity index (χ4n) is 2.03. The third-order valence-corrected chi connectivity index (χ3v) is 4.68. The number of hydrogen-bond donors (Lipinski definition) is 0. The second-order valence-corrected chi connectivity index (χ2v) is 6.79. The van der Waals surface area contributed by atoms with Gasteiger partial charge in [-0.1, -0.05) is 17.7 Å². The van der Waals surface area contributed by atoms with Crippen molar-refractivity contribution >= 4 is 10.1 Å². The van der Waals surface area contributed by atoms with E-state index in [0.29, 0.717) is 0 Å². The summed E-state index contributed by atoms with van der Waals surface area (Å²) in [5, 5.41) is 0. The van der Waals surface area contributed by atoms with Crippen molar-refractivity contribution in [3.05, 3.63) is 64.2 Å². The number of halogens is 4. The van der Waals surface area contributed by atoms with Gasteiger partial charge in [0.25, 0.3) is 10.1 Å². The Hall–Kier alpha value is -1.97. The average molecular weight is 378 g/mol. The number of rotatable bonds is 6. The summed E-state index contributed by atoms with van der Waals surface area (Å²) in [6.07, 6.45) is 0. The van der Waals surface area contributed by atoms with Crippen molar-refractivity contribution in [3.63, 3.8) is 0 Å². The van der Waals surface area contributed by atoms with Crippen LogP contribution in [0.5, 0.6) is 0 Å². The van der Waals surface area contributed by atoms with Crippen LogP contribution < -0.4 is 0 Å². The lowest BCUT2D eigenvalue weighted by Gasteiger charge is -2.12. The molecule has 2 aromatic carbocycles. The highest BCUT2D eigenvalue weighted by atomic mass is 32.2. The maximum absolute atomic E-state index is 13.9. The summed E-state index contributed by atoms with van der Waals surface area (Å²) < 4.78 is 88.5. The van der Waals surface area contributed by atoms with Crippen LogP contribution in [0.25, 0.3) is 0 Å². The zero-order chi connectivity index (χ0) is 18.8. The minimum atomic E-state index is -4.36. The van der Waals surface area contributed by atoms with Crippen molar-refractivity contribution in [1.29, 1.82) is 0 Å². The predicted molar refractivity (Wildman–Crippen MR) is 80.1 cm³/mol. The van der Waals surface area contributed by atoms with E-state index in [0.717, 1.165) is 12.7 Å². The lowest BCUT2D eigenvalue weighted by Crippen LogP contribution is -2.13. The highest BCUT2D eigenvalue weighted by molar-refractivity contribution is 7.86. The van der Waals surface area contributed by atoms with Crippen molar-refractivity contribution in [1.82, 2.24) is 0 Å². The molecular weight excluding hydrogens is 364 g/mol. The molecule has 25 heavy (non-hydrogen) atoms. The van der Waals surface area contributed by atoms with E-state index < -0.39 is 57.7 Å². The Labute approximate surface area is 142 Å². The first kappa shape index (κ1) is 19.4. The molecule has 0 N–H and O–H groups in total. The van der Waals surface area contributed by atoms with Crippen LogP contribution in [0.15, 0.2) is 29.2 Å². The molecule has 0 fully saturated rings. The van der Waals surface area contributed by atoms with Crippen LogP contribution in [0.2, 0.25) is 0 Å². The summed E-state index contributed by atoms with van der Waals surface area (Å²) in [4.78, 5) is -0.254. The molecule has 0 radical (unpaired) electrons. The summed E-state index contributed by atoms with van der Waals surface area (Å²) in [5.41, 5.74) is -1.30. The highest BCUT2D eigenvalue weighted by Crippen LogP contribution is 2.26. The third-order valence-electron chi connectivity index (χ3n) is 3.40. The molecule has 0 bridgehead atoms. The van der Waals surface area contributed by atoms with Crippen LogP contribution in [-0.2, 0) is 32.3 Å². The molecule has 0 aliphatic heterocycles. The largest absolute Gasteiger partial charge is 0.380 e. The van der Waals surface area contributed by atoms with Crippen molar-refractivity contribution in [2.75, 3.05) is 7.11 Å². The first-order valence-electron chi connectivity index (χ1n) is 6.97.